The number of hydrogen-bond acceptors (Lipinski definition) is 4. The first-order valence-electron chi connectivity index (χ1n) is 8.45. The fourth-order valence-electron chi connectivity index (χ4n) is 2.97. The van der Waals surface area contributed by atoms with E-state index in [2.05, 4.69) is 10.3 Å². The van der Waals surface area contributed by atoms with Crippen molar-refractivity contribution < 1.29 is 17.9 Å². The number of benzene rings is 1. The minimum absolute atomic E-state index is 0.0523. The van der Waals surface area contributed by atoms with Gasteiger partial charge in [-0.05, 0) is 31.4 Å². The summed E-state index contributed by atoms with van der Waals surface area (Å²) in [4.78, 5) is 4.46. The van der Waals surface area contributed by atoms with Gasteiger partial charge in [-0.2, -0.15) is 13.2 Å². The Hall–Kier alpha value is -2.05. The first kappa shape index (κ1) is 19.3. The van der Waals surface area contributed by atoms with Crippen molar-refractivity contribution in [3.8, 4) is 0 Å². The number of methoxy groups -OCH3 is 1. The van der Waals surface area contributed by atoms with Crippen molar-refractivity contribution in [3.05, 3.63) is 30.3 Å². The van der Waals surface area contributed by atoms with E-state index in [0.29, 0.717) is 5.90 Å². The van der Waals surface area contributed by atoms with Gasteiger partial charge in [-0.1, -0.05) is 24.6 Å². The lowest BCUT2D eigenvalue weighted by Gasteiger charge is -2.24. The molecule has 0 bridgehead atoms. The average molecular weight is 355 g/mol. The van der Waals surface area contributed by atoms with Crippen LogP contribution >= 0.6 is 0 Å². The molecule has 1 aliphatic rings. The molecule has 138 valence electrons. The number of ether oxygens (including phenoxy) is 1. The van der Waals surface area contributed by atoms with Gasteiger partial charge in [0.25, 0.3) is 0 Å². The summed E-state index contributed by atoms with van der Waals surface area (Å²) in [7, 11) is 1.54. The van der Waals surface area contributed by atoms with E-state index in [-0.39, 0.29) is 19.0 Å². The Labute approximate surface area is 146 Å². The van der Waals surface area contributed by atoms with E-state index in [0.717, 1.165) is 31.4 Å². The van der Waals surface area contributed by atoms with E-state index in [1.807, 2.05) is 18.2 Å². The highest BCUT2D eigenvalue weighted by molar-refractivity contribution is 5.89. The number of nitrogens with zero attached hydrogens (tertiary/aromatic N) is 1. The number of nitrogens with one attached hydrogen (secondary N) is 2. The highest BCUT2D eigenvalue weighted by atomic mass is 19.4. The summed E-state index contributed by atoms with van der Waals surface area (Å²) in [6, 6.07) is 8.80. The van der Waals surface area contributed by atoms with Gasteiger partial charge in [-0.3, -0.25) is 4.99 Å². The molecule has 0 spiro atoms. The fourth-order valence-corrected chi connectivity index (χ4v) is 2.97. The van der Waals surface area contributed by atoms with Crippen LogP contribution < -0.4 is 5.32 Å². The summed E-state index contributed by atoms with van der Waals surface area (Å²) in [5.41, 5.74) is -0.459. The number of hydrogen-bond donors (Lipinski definition) is 2. The van der Waals surface area contributed by atoms with Crippen LogP contribution in [0, 0.1) is 11.3 Å². The lowest BCUT2D eigenvalue weighted by molar-refractivity contribution is -0.0638. The topological polar surface area (TPSA) is 57.5 Å². The molecule has 1 aliphatic heterocycles. The summed E-state index contributed by atoms with van der Waals surface area (Å²) in [6.07, 6.45) is -1.17. The second-order valence-electron chi connectivity index (χ2n) is 6.22. The van der Waals surface area contributed by atoms with Gasteiger partial charge in [0.1, 0.15) is 5.71 Å². The summed E-state index contributed by atoms with van der Waals surface area (Å²) in [6.45, 7) is 0.0523. The van der Waals surface area contributed by atoms with E-state index in [1.54, 1.807) is 12.1 Å². The smallest absolute Gasteiger partial charge is 0.429 e. The zero-order valence-electron chi connectivity index (χ0n) is 14.3. The van der Waals surface area contributed by atoms with E-state index < -0.39 is 17.8 Å². The first-order chi connectivity index (χ1) is 11.9. The molecule has 0 saturated carbocycles. The van der Waals surface area contributed by atoms with Crippen molar-refractivity contribution in [1.82, 2.24) is 0 Å². The van der Waals surface area contributed by atoms with Gasteiger partial charge < -0.3 is 15.5 Å². The number of para-hydroxylation sites is 1. The van der Waals surface area contributed by atoms with Crippen molar-refractivity contribution in [1.29, 1.82) is 5.41 Å². The van der Waals surface area contributed by atoms with Crippen molar-refractivity contribution in [2.24, 2.45) is 10.9 Å². The Bertz CT molecular complexity index is 587. The van der Waals surface area contributed by atoms with E-state index in [1.165, 1.54) is 7.11 Å². The SMILES string of the molecule is COC1=NC(CC(CNc2ccccc2)C(=N)C(F)(F)F)CCCC1. The monoisotopic (exact) mass is 355 g/mol. The van der Waals surface area contributed by atoms with Crippen LogP contribution in [-0.4, -0.2) is 37.5 Å². The predicted octanol–water partition coefficient (Wildman–Crippen LogP) is 4.67. The maximum atomic E-state index is 13.1. The summed E-state index contributed by atoms with van der Waals surface area (Å²) in [5.74, 6) is -0.360. The number of halogens is 3. The first-order valence-corrected chi connectivity index (χ1v) is 8.45. The van der Waals surface area contributed by atoms with Crippen LogP contribution in [0.5, 0.6) is 0 Å². The molecule has 1 aromatic rings. The van der Waals surface area contributed by atoms with Gasteiger partial charge in [0.05, 0.1) is 13.2 Å². The maximum absolute atomic E-state index is 13.1. The zero-order valence-corrected chi connectivity index (χ0v) is 14.3. The van der Waals surface area contributed by atoms with Crippen LogP contribution in [0.15, 0.2) is 35.3 Å². The lowest BCUT2D eigenvalue weighted by atomic mass is 9.92. The molecule has 4 nitrogen and oxygen atoms in total. The fraction of sp³-hybridized carbons (Fsp3) is 0.556. The van der Waals surface area contributed by atoms with Gasteiger partial charge in [0, 0.05) is 24.6 Å². The molecule has 0 radical (unpaired) electrons. The molecule has 0 fully saturated rings. The van der Waals surface area contributed by atoms with Crippen molar-refractivity contribution in [2.75, 3.05) is 19.0 Å². The van der Waals surface area contributed by atoms with Gasteiger partial charge >= 0.3 is 6.18 Å². The number of aliphatic imine (C=N–C) groups is 1. The quantitative estimate of drug-likeness (QED) is 0.728. The zero-order chi connectivity index (χ0) is 18.3. The molecule has 2 unspecified atom stereocenters. The molecule has 0 aliphatic carbocycles. The van der Waals surface area contributed by atoms with Crippen LogP contribution in [0.1, 0.15) is 32.1 Å². The Balaban J connectivity index is 2.09. The predicted molar refractivity (Wildman–Crippen MR) is 93.5 cm³/mol. The minimum atomic E-state index is -4.62. The number of rotatable bonds is 6. The summed E-state index contributed by atoms with van der Waals surface area (Å²) >= 11 is 0. The van der Waals surface area contributed by atoms with Crippen LogP contribution in [0.2, 0.25) is 0 Å². The molecule has 2 rings (SSSR count). The van der Waals surface area contributed by atoms with Crippen LogP contribution in [0.3, 0.4) is 0 Å². The third-order valence-corrected chi connectivity index (χ3v) is 4.34. The maximum Gasteiger partial charge on any atom is 0.429 e. The third-order valence-electron chi connectivity index (χ3n) is 4.34. The molecule has 1 aromatic carbocycles. The molecular formula is C18H24F3N3O. The number of anilines is 1. The standard InChI is InChI=1S/C18H24F3N3O/c1-25-16-10-6-5-9-15(24-16)11-13(17(22)18(19,20)21)12-23-14-7-3-2-4-8-14/h2-4,7-8,13,15,22-23H,5-6,9-12H2,1H3. The Morgan fingerprint density at radius 3 is 2.68 bits per heavy atom. The van der Waals surface area contributed by atoms with Gasteiger partial charge in [-0.25, -0.2) is 0 Å². The second kappa shape index (κ2) is 8.87. The van der Waals surface area contributed by atoms with Gasteiger partial charge in [0.15, 0.2) is 5.90 Å². The van der Waals surface area contributed by atoms with Crippen molar-refractivity contribution in [2.45, 2.75) is 44.3 Å². The van der Waals surface area contributed by atoms with Gasteiger partial charge in [-0.15, -0.1) is 0 Å². The van der Waals surface area contributed by atoms with Gasteiger partial charge in [0.2, 0.25) is 0 Å². The molecule has 2 N–H and O–H groups in total. The van der Waals surface area contributed by atoms with E-state index in [4.69, 9.17) is 10.1 Å². The Morgan fingerprint density at radius 1 is 1.32 bits per heavy atom. The summed E-state index contributed by atoms with van der Waals surface area (Å²) in [5, 5.41) is 10.6. The lowest BCUT2D eigenvalue weighted by Crippen LogP contribution is -2.36. The summed E-state index contributed by atoms with van der Waals surface area (Å²) < 4.78 is 44.5. The van der Waals surface area contributed by atoms with Crippen LogP contribution in [-0.2, 0) is 4.74 Å². The second-order valence-corrected chi connectivity index (χ2v) is 6.22. The minimum Gasteiger partial charge on any atom is -0.484 e. The molecule has 0 saturated heterocycles. The van der Waals surface area contributed by atoms with E-state index >= 15 is 0 Å². The highest BCUT2D eigenvalue weighted by Gasteiger charge is 2.40. The van der Waals surface area contributed by atoms with E-state index in [9.17, 15) is 13.2 Å². The van der Waals surface area contributed by atoms with Crippen molar-refractivity contribution in [3.63, 3.8) is 0 Å². The molecule has 0 amide bonds. The largest absolute Gasteiger partial charge is 0.484 e. The highest BCUT2D eigenvalue weighted by Crippen LogP contribution is 2.27. The molecule has 0 aromatic heterocycles. The molecule has 25 heavy (non-hydrogen) atoms. The normalized spacial score (nSPS) is 19.5. The van der Waals surface area contributed by atoms with Crippen LogP contribution in [0.4, 0.5) is 18.9 Å². The molecule has 2 atom stereocenters. The molecule has 1 heterocycles. The average Bonchev–Trinajstić information content (AvgIpc) is 2.83. The number of alkyl halides is 3. The Morgan fingerprint density at radius 2 is 2.04 bits per heavy atom. The molecular weight excluding hydrogens is 331 g/mol. The Kier molecular flexibility index (Phi) is 6.84. The molecule has 7 heteroatoms. The van der Waals surface area contributed by atoms with Crippen LogP contribution in [0.25, 0.3) is 0 Å². The third kappa shape index (κ3) is 6.07. The van der Waals surface area contributed by atoms with Crippen molar-refractivity contribution >= 4 is 17.3 Å².